The number of nitrogens with zero attached hydrogens (tertiary/aromatic N) is 1. The van der Waals surface area contributed by atoms with Gasteiger partial charge in [-0.15, -0.1) is 0 Å². The molecular formula is C18H26N2O5S. The van der Waals surface area contributed by atoms with Crippen LogP contribution in [-0.4, -0.2) is 50.5 Å². The maximum atomic E-state index is 13.1. The Balaban J connectivity index is 1.80. The highest BCUT2D eigenvalue weighted by Gasteiger charge is 2.40. The monoisotopic (exact) mass is 382 g/mol. The lowest BCUT2D eigenvalue weighted by atomic mass is 10.1. The van der Waals surface area contributed by atoms with Crippen molar-refractivity contribution < 1.29 is 22.7 Å². The molecule has 1 fully saturated rings. The fourth-order valence-electron chi connectivity index (χ4n) is 3.45. The third-order valence-electron chi connectivity index (χ3n) is 4.74. The van der Waals surface area contributed by atoms with Crippen LogP contribution >= 0.6 is 0 Å². The van der Waals surface area contributed by atoms with Gasteiger partial charge in [0.15, 0.2) is 11.5 Å². The first-order chi connectivity index (χ1) is 12.4. The van der Waals surface area contributed by atoms with E-state index < -0.39 is 16.1 Å². The molecule has 7 nitrogen and oxygen atoms in total. The summed E-state index contributed by atoms with van der Waals surface area (Å²) in [4.78, 5) is 12.7. The van der Waals surface area contributed by atoms with Crippen molar-refractivity contribution in [3.63, 3.8) is 0 Å². The summed E-state index contributed by atoms with van der Waals surface area (Å²) in [6, 6.07) is 3.97. The third kappa shape index (κ3) is 3.81. The number of benzene rings is 1. The van der Waals surface area contributed by atoms with Gasteiger partial charge in [0, 0.05) is 18.7 Å². The molecule has 0 radical (unpaired) electrons. The lowest BCUT2D eigenvalue weighted by Crippen LogP contribution is -2.48. The van der Waals surface area contributed by atoms with Crippen molar-refractivity contribution >= 4 is 15.9 Å². The molecule has 0 aromatic heterocycles. The molecule has 1 aromatic rings. The van der Waals surface area contributed by atoms with Crippen LogP contribution < -0.4 is 14.8 Å². The molecule has 0 saturated carbocycles. The number of nitrogens with one attached hydrogen (secondary N) is 1. The molecule has 1 N–H and O–H groups in total. The maximum Gasteiger partial charge on any atom is 0.243 e. The molecular weight excluding hydrogens is 356 g/mol. The Morgan fingerprint density at radius 3 is 2.77 bits per heavy atom. The molecule has 144 valence electrons. The minimum atomic E-state index is -3.78. The molecule has 2 aliphatic heterocycles. The smallest absolute Gasteiger partial charge is 0.243 e. The molecule has 26 heavy (non-hydrogen) atoms. The highest BCUT2D eigenvalue weighted by Crippen LogP contribution is 2.34. The topological polar surface area (TPSA) is 84.9 Å². The fraction of sp³-hybridized carbons (Fsp3) is 0.611. The normalized spacial score (nSPS) is 21.4. The Bertz CT molecular complexity index is 765. The van der Waals surface area contributed by atoms with Gasteiger partial charge >= 0.3 is 0 Å². The minimum Gasteiger partial charge on any atom is -0.486 e. The summed E-state index contributed by atoms with van der Waals surface area (Å²) >= 11 is 0. The van der Waals surface area contributed by atoms with Gasteiger partial charge in [0.25, 0.3) is 0 Å². The first-order valence-corrected chi connectivity index (χ1v) is 10.6. The van der Waals surface area contributed by atoms with E-state index in [9.17, 15) is 13.2 Å². The zero-order chi connectivity index (χ0) is 18.7. The van der Waals surface area contributed by atoms with E-state index in [1.54, 1.807) is 6.07 Å². The first-order valence-electron chi connectivity index (χ1n) is 9.15. The van der Waals surface area contributed by atoms with Gasteiger partial charge in [-0.2, -0.15) is 4.31 Å². The van der Waals surface area contributed by atoms with Crippen molar-refractivity contribution in [1.29, 1.82) is 0 Å². The van der Waals surface area contributed by atoms with Gasteiger partial charge in [-0.05, 0) is 38.3 Å². The SMILES string of the molecule is CCC[C@H](C)NC(=O)[C@H]1CCCN1S(=O)(=O)c1ccc2c(c1)OCCO2. The second-order valence-corrected chi connectivity index (χ2v) is 8.67. The van der Waals surface area contributed by atoms with E-state index in [2.05, 4.69) is 12.2 Å². The summed E-state index contributed by atoms with van der Waals surface area (Å²) in [5, 5.41) is 2.94. The number of fused-ring (bicyclic) bond motifs is 1. The van der Waals surface area contributed by atoms with Crippen LogP contribution in [0, 0.1) is 0 Å². The Kier molecular flexibility index (Phi) is 5.72. The van der Waals surface area contributed by atoms with E-state index in [0.717, 1.165) is 12.8 Å². The number of hydrogen-bond acceptors (Lipinski definition) is 5. The van der Waals surface area contributed by atoms with Gasteiger partial charge in [-0.3, -0.25) is 4.79 Å². The van der Waals surface area contributed by atoms with Crippen molar-refractivity contribution in [3.05, 3.63) is 18.2 Å². The number of sulfonamides is 1. The quantitative estimate of drug-likeness (QED) is 0.812. The van der Waals surface area contributed by atoms with E-state index in [1.165, 1.54) is 16.4 Å². The molecule has 2 atom stereocenters. The molecule has 0 unspecified atom stereocenters. The molecule has 0 aliphatic carbocycles. The van der Waals surface area contributed by atoms with Gasteiger partial charge in [-0.1, -0.05) is 13.3 Å². The fourth-order valence-corrected chi connectivity index (χ4v) is 5.13. The van der Waals surface area contributed by atoms with Gasteiger partial charge in [0.05, 0.1) is 4.90 Å². The molecule has 1 amide bonds. The summed E-state index contributed by atoms with van der Waals surface area (Å²) in [5.74, 6) is 0.748. The number of amides is 1. The molecule has 0 spiro atoms. The van der Waals surface area contributed by atoms with E-state index in [-0.39, 0.29) is 16.8 Å². The lowest BCUT2D eigenvalue weighted by Gasteiger charge is -2.26. The van der Waals surface area contributed by atoms with Crippen LogP contribution in [-0.2, 0) is 14.8 Å². The van der Waals surface area contributed by atoms with Crippen molar-refractivity contribution in [3.8, 4) is 11.5 Å². The second-order valence-electron chi connectivity index (χ2n) is 6.78. The van der Waals surface area contributed by atoms with E-state index >= 15 is 0 Å². The summed E-state index contributed by atoms with van der Waals surface area (Å²) in [6.07, 6.45) is 3.04. The number of carbonyl (C=O) groups excluding carboxylic acids is 1. The van der Waals surface area contributed by atoms with Crippen LogP contribution in [0.3, 0.4) is 0 Å². The Labute approximate surface area is 154 Å². The van der Waals surface area contributed by atoms with Crippen LogP contribution in [0.2, 0.25) is 0 Å². The maximum absolute atomic E-state index is 13.1. The van der Waals surface area contributed by atoms with Crippen LogP contribution in [0.25, 0.3) is 0 Å². The predicted molar refractivity (Wildman–Crippen MR) is 96.9 cm³/mol. The van der Waals surface area contributed by atoms with Gasteiger partial charge in [-0.25, -0.2) is 8.42 Å². The highest BCUT2D eigenvalue weighted by molar-refractivity contribution is 7.89. The van der Waals surface area contributed by atoms with E-state index in [1.807, 2.05) is 6.92 Å². The standard InChI is InChI=1S/C18H26N2O5S/c1-3-5-13(2)19-18(21)15-6-4-9-20(15)26(22,23)14-7-8-16-17(12-14)25-11-10-24-16/h7-8,12-13,15H,3-6,9-11H2,1-2H3,(H,19,21)/t13-,15+/m0/s1. The summed E-state index contributed by atoms with van der Waals surface area (Å²) in [7, 11) is -3.78. The third-order valence-corrected chi connectivity index (χ3v) is 6.64. The summed E-state index contributed by atoms with van der Waals surface area (Å²) < 4.78 is 38.4. The van der Waals surface area contributed by atoms with Gasteiger partial charge in [0.1, 0.15) is 19.3 Å². The average Bonchev–Trinajstić information content (AvgIpc) is 3.12. The lowest BCUT2D eigenvalue weighted by molar-refractivity contribution is -0.124. The summed E-state index contributed by atoms with van der Waals surface area (Å²) in [6.45, 7) is 5.17. The molecule has 0 bridgehead atoms. The molecule has 1 saturated heterocycles. The second kappa shape index (κ2) is 7.84. The van der Waals surface area contributed by atoms with Crippen molar-refractivity contribution in [2.45, 2.75) is 56.5 Å². The van der Waals surface area contributed by atoms with Crippen LogP contribution in [0.4, 0.5) is 0 Å². The number of hydrogen-bond donors (Lipinski definition) is 1. The molecule has 2 heterocycles. The molecule has 1 aromatic carbocycles. The van der Waals surface area contributed by atoms with Gasteiger partial charge < -0.3 is 14.8 Å². The number of carbonyl (C=O) groups is 1. The molecule has 8 heteroatoms. The zero-order valence-electron chi connectivity index (χ0n) is 15.2. The van der Waals surface area contributed by atoms with E-state index in [0.29, 0.717) is 44.1 Å². The number of rotatable bonds is 6. The Hall–Kier alpha value is -1.80. The average molecular weight is 382 g/mol. The van der Waals surface area contributed by atoms with Crippen molar-refractivity contribution in [2.75, 3.05) is 19.8 Å². The van der Waals surface area contributed by atoms with Crippen molar-refractivity contribution in [1.82, 2.24) is 9.62 Å². The van der Waals surface area contributed by atoms with Crippen LogP contribution in [0.15, 0.2) is 23.1 Å². The van der Waals surface area contributed by atoms with Gasteiger partial charge in [0.2, 0.25) is 15.9 Å². The largest absolute Gasteiger partial charge is 0.486 e. The zero-order valence-corrected chi connectivity index (χ0v) is 16.0. The van der Waals surface area contributed by atoms with Crippen molar-refractivity contribution in [2.24, 2.45) is 0 Å². The van der Waals surface area contributed by atoms with E-state index in [4.69, 9.17) is 9.47 Å². The Morgan fingerprint density at radius 1 is 1.31 bits per heavy atom. The highest BCUT2D eigenvalue weighted by atomic mass is 32.2. The van der Waals surface area contributed by atoms with Crippen LogP contribution in [0.5, 0.6) is 11.5 Å². The number of ether oxygens (including phenoxy) is 2. The first kappa shape index (κ1) is 19.0. The predicted octanol–water partition coefficient (Wildman–Crippen LogP) is 1.92. The van der Waals surface area contributed by atoms with Crippen LogP contribution in [0.1, 0.15) is 39.5 Å². The summed E-state index contributed by atoms with van der Waals surface area (Å²) in [5.41, 5.74) is 0. The minimum absolute atomic E-state index is 0.0342. The molecule has 2 aliphatic rings. The molecule has 3 rings (SSSR count). The Morgan fingerprint density at radius 2 is 2.04 bits per heavy atom.